The van der Waals surface area contributed by atoms with Gasteiger partial charge in [-0.3, -0.25) is 10.1 Å². The minimum absolute atomic E-state index is 0.193. The summed E-state index contributed by atoms with van der Waals surface area (Å²) < 4.78 is 1.63. The van der Waals surface area contributed by atoms with Crippen LogP contribution in [0.1, 0.15) is 9.67 Å². The SMILES string of the molecule is O=C(Nc1nc(Nc2ncnc3ccccc23)n(-c2ccccc2)n1)c1cccs1. The van der Waals surface area contributed by atoms with Gasteiger partial charge >= 0.3 is 0 Å². The van der Waals surface area contributed by atoms with Crippen LogP contribution in [0.15, 0.2) is 78.4 Å². The highest BCUT2D eigenvalue weighted by Crippen LogP contribution is 2.24. The summed E-state index contributed by atoms with van der Waals surface area (Å²) in [6, 6.07) is 20.8. The van der Waals surface area contributed by atoms with Gasteiger partial charge in [0, 0.05) is 5.39 Å². The van der Waals surface area contributed by atoms with Gasteiger partial charge in [-0.2, -0.15) is 9.67 Å². The van der Waals surface area contributed by atoms with Crippen LogP contribution in [0.3, 0.4) is 0 Å². The maximum atomic E-state index is 12.4. The van der Waals surface area contributed by atoms with Crippen LogP contribution in [-0.4, -0.2) is 30.6 Å². The van der Waals surface area contributed by atoms with Crippen LogP contribution >= 0.6 is 11.3 Å². The van der Waals surface area contributed by atoms with Gasteiger partial charge < -0.3 is 5.32 Å². The molecule has 1 amide bonds. The molecule has 8 nitrogen and oxygen atoms in total. The summed E-state index contributed by atoms with van der Waals surface area (Å²) in [5.74, 6) is 0.959. The first kappa shape index (κ1) is 18.0. The van der Waals surface area contributed by atoms with E-state index >= 15 is 0 Å². The maximum absolute atomic E-state index is 12.4. The molecule has 0 unspecified atom stereocenters. The second-order valence-electron chi connectivity index (χ2n) is 6.30. The largest absolute Gasteiger partial charge is 0.308 e. The number of nitrogens with zero attached hydrogens (tertiary/aromatic N) is 5. The van der Waals surface area contributed by atoms with Crippen molar-refractivity contribution < 1.29 is 4.79 Å². The van der Waals surface area contributed by atoms with Crippen LogP contribution in [0.2, 0.25) is 0 Å². The lowest BCUT2D eigenvalue weighted by Gasteiger charge is -2.09. The normalized spacial score (nSPS) is 10.8. The molecular formula is C21H15N7OS. The topological polar surface area (TPSA) is 97.6 Å². The number of para-hydroxylation sites is 2. The van der Waals surface area contributed by atoms with Crippen LogP contribution in [0.5, 0.6) is 0 Å². The predicted octanol–water partition coefficient (Wildman–Crippen LogP) is 4.27. The minimum Gasteiger partial charge on any atom is -0.308 e. The van der Waals surface area contributed by atoms with Crippen molar-refractivity contribution in [2.45, 2.75) is 0 Å². The maximum Gasteiger partial charge on any atom is 0.268 e. The number of carbonyl (C=O) groups is 1. The molecule has 5 aromatic rings. The van der Waals surface area contributed by atoms with Gasteiger partial charge in [0.2, 0.25) is 5.95 Å². The molecule has 2 aromatic carbocycles. The summed E-state index contributed by atoms with van der Waals surface area (Å²) in [4.78, 5) is 26.2. The Morgan fingerprint density at radius 2 is 1.77 bits per heavy atom. The molecule has 146 valence electrons. The Bertz CT molecular complexity index is 1310. The first-order valence-electron chi connectivity index (χ1n) is 9.12. The van der Waals surface area contributed by atoms with Crippen molar-refractivity contribution in [2.75, 3.05) is 10.6 Å². The third kappa shape index (κ3) is 3.49. The van der Waals surface area contributed by atoms with E-state index in [0.29, 0.717) is 16.6 Å². The van der Waals surface area contributed by atoms with E-state index in [-0.39, 0.29) is 11.9 Å². The number of rotatable bonds is 5. The Balaban J connectivity index is 1.54. The van der Waals surface area contributed by atoms with Gasteiger partial charge in [0.25, 0.3) is 11.9 Å². The molecule has 0 saturated heterocycles. The summed E-state index contributed by atoms with van der Waals surface area (Å²) >= 11 is 1.35. The van der Waals surface area contributed by atoms with Crippen molar-refractivity contribution in [3.8, 4) is 5.69 Å². The zero-order valence-corrected chi connectivity index (χ0v) is 16.4. The molecule has 0 atom stereocenters. The van der Waals surface area contributed by atoms with Gasteiger partial charge in [-0.05, 0) is 35.7 Å². The fourth-order valence-electron chi connectivity index (χ4n) is 2.98. The number of thiophene rings is 1. The number of anilines is 3. The van der Waals surface area contributed by atoms with Gasteiger partial charge in [-0.15, -0.1) is 16.4 Å². The Hall–Kier alpha value is -4.11. The fourth-order valence-corrected chi connectivity index (χ4v) is 3.60. The Labute approximate surface area is 175 Å². The van der Waals surface area contributed by atoms with Crippen molar-refractivity contribution in [1.29, 1.82) is 0 Å². The molecule has 0 aliphatic rings. The summed E-state index contributed by atoms with van der Waals surface area (Å²) in [5, 5.41) is 13.2. The predicted molar refractivity (Wildman–Crippen MR) is 116 cm³/mol. The number of carbonyl (C=O) groups excluding carboxylic acids is 1. The van der Waals surface area contributed by atoms with E-state index in [4.69, 9.17) is 0 Å². The van der Waals surface area contributed by atoms with Gasteiger partial charge in [-0.25, -0.2) is 9.97 Å². The molecule has 0 saturated carbocycles. The number of hydrogen-bond donors (Lipinski definition) is 2. The first-order chi connectivity index (χ1) is 14.8. The number of hydrogen-bond acceptors (Lipinski definition) is 7. The van der Waals surface area contributed by atoms with Crippen LogP contribution in [0.25, 0.3) is 16.6 Å². The Morgan fingerprint density at radius 1 is 0.933 bits per heavy atom. The summed E-state index contributed by atoms with van der Waals surface area (Å²) in [5.41, 5.74) is 1.61. The second kappa shape index (κ2) is 7.72. The molecule has 0 aliphatic heterocycles. The van der Waals surface area contributed by atoms with Crippen molar-refractivity contribution in [3.63, 3.8) is 0 Å². The molecule has 0 aliphatic carbocycles. The number of amides is 1. The van der Waals surface area contributed by atoms with Crippen LogP contribution in [0, 0.1) is 0 Å². The quantitative estimate of drug-likeness (QED) is 0.447. The average Bonchev–Trinajstić information content (AvgIpc) is 3.45. The number of benzene rings is 2. The zero-order valence-electron chi connectivity index (χ0n) is 15.6. The van der Waals surface area contributed by atoms with E-state index in [1.807, 2.05) is 66.0 Å². The molecule has 3 heterocycles. The molecule has 2 N–H and O–H groups in total. The standard InChI is InChI=1S/C21H15N7OS/c29-19(17-11-6-12-30-17)25-20-26-21(28(27-20)14-7-2-1-3-8-14)24-18-15-9-4-5-10-16(15)22-13-23-18/h1-13H,(H2,22,23,24,25,26,27,29). The Kier molecular flexibility index (Phi) is 4.62. The third-order valence-corrected chi connectivity index (χ3v) is 5.22. The van der Waals surface area contributed by atoms with Crippen molar-refractivity contribution in [1.82, 2.24) is 24.7 Å². The monoisotopic (exact) mass is 413 g/mol. The Morgan fingerprint density at radius 3 is 2.60 bits per heavy atom. The summed E-state index contributed by atoms with van der Waals surface area (Å²) in [6.07, 6.45) is 1.49. The van der Waals surface area contributed by atoms with E-state index in [1.165, 1.54) is 17.7 Å². The first-order valence-corrected chi connectivity index (χ1v) is 10.00. The van der Waals surface area contributed by atoms with Crippen LogP contribution < -0.4 is 10.6 Å². The summed E-state index contributed by atoms with van der Waals surface area (Å²) in [7, 11) is 0. The van der Waals surface area contributed by atoms with Gasteiger partial charge in [0.15, 0.2) is 0 Å². The van der Waals surface area contributed by atoms with E-state index < -0.39 is 0 Å². The molecular weight excluding hydrogens is 398 g/mol. The van der Waals surface area contributed by atoms with E-state index in [0.717, 1.165) is 16.6 Å². The lowest BCUT2D eigenvalue weighted by Crippen LogP contribution is -2.11. The molecule has 0 spiro atoms. The molecule has 0 bridgehead atoms. The minimum atomic E-state index is -0.255. The molecule has 30 heavy (non-hydrogen) atoms. The molecule has 0 radical (unpaired) electrons. The second-order valence-corrected chi connectivity index (χ2v) is 7.25. The van der Waals surface area contributed by atoms with Crippen molar-refractivity contribution in [2.24, 2.45) is 0 Å². The average molecular weight is 413 g/mol. The van der Waals surface area contributed by atoms with Crippen molar-refractivity contribution >= 4 is 45.9 Å². The zero-order chi connectivity index (χ0) is 20.3. The molecule has 5 rings (SSSR count). The van der Waals surface area contributed by atoms with Crippen molar-refractivity contribution in [3.05, 3.63) is 83.3 Å². The van der Waals surface area contributed by atoms with E-state index in [9.17, 15) is 4.79 Å². The summed E-state index contributed by atoms with van der Waals surface area (Å²) in [6.45, 7) is 0. The molecule has 9 heteroatoms. The lowest BCUT2D eigenvalue weighted by molar-refractivity contribution is 0.102. The van der Waals surface area contributed by atoms with Crippen LogP contribution in [-0.2, 0) is 0 Å². The van der Waals surface area contributed by atoms with Gasteiger partial charge in [-0.1, -0.05) is 36.4 Å². The van der Waals surface area contributed by atoms with Gasteiger partial charge in [0.05, 0.1) is 16.1 Å². The lowest BCUT2D eigenvalue weighted by atomic mass is 10.2. The highest BCUT2D eigenvalue weighted by Gasteiger charge is 2.16. The fraction of sp³-hybridized carbons (Fsp3) is 0. The highest BCUT2D eigenvalue weighted by molar-refractivity contribution is 7.12. The number of fused-ring (bicyclic) bond motifs is 1. The molecule has 3 aromatic heterocycles. The number of aromatic nitrogens is 5. The highest BCUT2D eigenvalue weighted by atomic mass is 32.1. The smallest absolute Gasteiger partial charge is 0.268 e. The number of nitrogens with one attached hydrogen (secondary N) is 2. The van der Waals surface area contributed by atoms with Gasteiger partial charge in [0.1, 0.15) is 12.1 Å². The van der Waals surface area contributed by atoms with E-state index in [2.05, 4.69) is 30.7 Å². The molecule has 0 fully saturated rings. The third-order valence-electron chi connectivity index (χ3n) is 4.35. The van der Waals surface area contributed by atoms with Crippen LogP contribution in [0.4, 0.5) is 17.7 Å². The van der Waals surface area contributed by atoms with E-state index in [1.54, 1.807) is 10.7 Å².